The van der Waals surface area contributed by atoms with Crippen LogP contribution < -0.4 is 5.32 Å². The predicted octanol–water partition coefficient (Wildman–Crippen LogP) is 1.99. The number of ketones is 1. The van der Waals surface area contributed by atoms with Gasteiger partial charge in [-0.25, -0.2) is 0 Å². The maximum Gasteiger partial charge on any atom is 0.270 e. The summed E-state index contributed by atoms with van der Waals surface area (Å²) in [4.78, 5) is 21.9. The van der Waals surface area contributed by atoms with E-state index in [4.69, 9.17) is 11.6 Å². The van der Waals surface area contributed by atoms with E-state index >= 15 is 0 Å². The molecule has 1 N–H and O–H groups in total. The largest absolute Gasteiger partial charge is 0.320 e. The van der Waals surface area contributed by atoms with Gasteiger partial charge in [-0.15, -0.1) is 11.6 Å². The second-order valence-corrected chi connectivity index (χ2v) is 4.06. The highest BCUT2D eigenvalue weighted by atomic mass is 35.5. The first kappa shape index (κ1) is 13.6. The van der Waals surface area contributed by atoms with E-state index in [-0.39, 0.29) is 17.0 Å². The van der Waals surface area contributed by atoms with Crippen LogP contribution in [0, 0.1) is 10.1 Å². The SMILES string of the molecule is CNCCC(Cl)C(=O)c1cccc([N+](=O)[O-])c1. The van der Waals surface area contributed by atoms with E-state index in [2.05, 4.69) is 5.32 Å². The zero-order chi connectivity index (χ0) is 12.8. The quantitative estimate of drug-likeness (QED) is 0.366. The van der Waals surface area contributed by atoms with Crippen LogP contribution in [0.25, 0.3) is 0 Å². The minimum absolute atomic E-state index is 0.103. The number of non-ortho nitro benzene ring substituents is 1. The van der Waals surface area contributed by atoms with Crippen LogP contribution in [0.4, 0.5) is 5.69 Å². The maximum atomic E-state index is 11.8. The molecule has 0 heterocycles. The van der Waals surface area contributed by atoms with Gasteiger partial charge in [-0.05, 0) is 20.0 Å². The van der Waals surface area contributed by atoms with Crippen LogP contribution in [-0.2, 0) is 0 Å². The van der Waals surface area contributed by atoms with Crippen LogP contribution in [0.5, 0.6) is 0 Å². The molecule has 5 nitrogen and oxygen atoms in total. The first-order valence-corrected chi connectivity index (χ1v) is 5.57. The Morgan fingerprint density at radius 3 is 2.88 bits per heavy atom. The normalized spacial score (nSPS) is 12.1. The summed E-state index contributed by atoms with van der Waals surface area (Å²) >= 11 is 5.92. The molecule has 0 saturated carbocycles. The second kappa shape index (κ2) is 6.32. The number of carbonyl (C=O) groups is 1. The van der Waals surface area contributed by atoms with Crippen molar-refractivity contribution in [3.63, 3.8) is 0 Å². The summed E-state index contributed by atoms with van der Waals surface area (Å²) in [7, 11) is 1.77. The van der Waals surface area contributed by atoms with Gasteiger partial charge in [0.25, 0.3) is 5.69 Å². The Labute approximate surface area is 104 Å². The van der Waals surface area contributed by atoms with E-state index in [0.29, 0.717) is 13.0 Å². The lowest BCUT2D eigenvalue weighted by molar-refractivity contribution is -0.384. The van der Waals surface area contributed by atoms with E-state index in [9.17, 15) is 14.9 Å². The molecule has 1 aromatic rings. The number of hydrogen-bond acceptors (Lipinski definition) is 4. The van der Waals surface area contributed by atoms with Gasteiger partial charge in [0.05, 0.1) is 10.3 Å². The molecular weight excluding hydrogens is 244 g/mol. The molecule has 0 aromatic heterocycles. The summed E-state index contributed by atoms with van der Waals surface area (Å²) in [5.74, 6) is -0.286. The van der Waals surface area contributed by atoms with Crippen LogP contribution in [0.15, 0.2) is 24.3 Å². The average Bonchev–Trinajstić information content (AvgIpc) is 2.35. The van der Waals surface area contributed by atoms with Gasteiger partial charge in [0.2, 0.25) is 0 Å². The number of carbonyl (C=O) groups excluding carboxylic acids is 1. The number of benzene rings is 1. The van der Waals surface area contributed by atoms with Crippen LogP contribution in [0.2, 0.25) is 0 Å². The van der Waals surface area contributed by atoms with Crippen molar-refractivity contribution in [3.05, 3.63) is 39.9 Å². The molecule has 0 aliphatic heterocycles. The molecule has 6 heteroatoms. The smallest absolute Gasteiger partial charge is 0.270 e. The number of nitro benzene ring substituents is 1. The number of hydrogen-bond donors (Lipinski definition) is 1. The second-order valence-electron chi connectivity index (χ2n) is 3.53. The predicted molar refractivity (Wildman–Crippen MR) is 65.6 cm³/mol. The number of rotatable bonds is 6. The van der Waals surface area contributed by atoms with Crippen molar-refractivity contribution < 1.29 is 9.72 Å². The van der Waals surface area contributed by atoms with Crippen molar-refractivity contribution in [2.75, 3.05) is 13.6 Å². The Morgan fingerprint density at radius 2 is 2.29 bits per heavy atom. The molecule has 0 fully saturated rings. The molecule has 1 aromatic carbocycles. The Morgan fingerprint density at radius 1 is 1.59 bits per heavy atom. The van der Waals surface area contributed by atoms with Crippen molar-refractivity contribution in [2.24, 2.45) is 0 Å². The zero-order valence-electron chi connectivity index (χ0n) is 9.35. The number of halogens is 1. The van der Waals surface area contributed by atoms with Crippen molar-refractivity contribution in [2.45, 2.75) is 11.8 Å². The minimum atomic E-state index is -0.663. The Hall–Kier alpha value is -1.46. The third kappa shape index (κ3) is 3.80. The Bertz CT molecular complexity index is 423. The van der Waals surface area contributed by atoms with Crippen LogP contribution in [0.3, 0.4) is 0 Å². The molecule has 17 heavy (non-hydrogen) atoms. The Kier molecular flexibility index (Phi) is 5.06. The first-order valence-electron chi connectivity index (χ1n) is 5.13. The fraction of sp³-hybridized carbons (Fsp3) is 0.364. The highest BCUT2D eigenvalue weighted by molar-refractivity contribution is 6.33. The molecule has 0 amide bonds. The Balaban J connectivity index is 2.81. The van der Waals surface area contributed by atoms with E-state index in [1.165, 1.54) is 24.3 Å². The number of Topliss-reactive ketones (excluding diaryl/α,β-unsaturated/α-hetero) is 1. The molecule has 1 unspecified atom stereocenters. The molecule has 1 atom stereocenters. The summed E-state index contributed by atoms with van der Waals surface area (Å²) in [6.07, 6.45) is 0.486. The van der Waals surface area contributed by atoms with Gasteiger partial charge in [0, 0.05) is 17.7 Å². The zero-order valence-corrected chi connectivity index (χ0v) is 10.1. The lowest BCUT2D eigenvalue weighted by atomic mass is 10.1. The topological polar surface area (TPSA) is 72.2 Å². The van der Waals surface area contributed by atoms with Crippen LogP contribution in [-0.4, -0.2) is 29.7 Å². The molecule has 92 valence electrons. The molecule has 0 aliphatic carbocycles. The van der Waals surface area contributed by atoms with Crippen LogP contribution in [0.1, 0.15) is 16.8 Å². The molecule has 0 aliphatic rings. The number of nitrogens with one attached hydrogen (secondary N) is 1. The van der Waals surface area contributed by atoms with E-state index in [0.717, 1.165) is 0 Å². The third-order valence-corrected chi connectivity index (χ3v) is 2.69. The molecule has 0 radical (unpaired) electrons. The maximum absolute atomic E-state index is 11.8. The van der Waals surface area contributed by atoms with Gasteiger partial charge >= 0.3 is 0 Å². The highest BCUT2D eigenvalue weighted by Crippen LogP contribution is 2.17. The number of alkyl halides is 1. The summed E-state index contributed by atoms with van der Waals surface area (Å²) in [5.41, 5.74) is 0.170. The van der Waals surface area contributed by atoms with Crippen molar-refractivity contribution >= 4 is 23.1 Å². The van der Waals surface area contributed by atoms with Gasteiger partial charge in [0.1, 0.15) is 0 Å². The van der Waals surface area contributed by atoms with E-state index < -0.39 is 10.3 Å². The monoisotopic (exact) mass is 256 g/mol. The highest BCUT2D eigenvalue weighted by Gasteiger charge is 2.18. The van der Waals surface area contributed by atoms with Gasteiger partial charge in [-0.1, -0.05) is 12.1 Å². The molecular formula is C11H13ClN2O3. The van der Waals surface area contributed by atoms with E-state index in [1.54, 1.807) is 7.05 Å². The summed E-state index contributed by atoms with van der Waals surface area (Å²) in [6.45, 7) is 0.620. The van der Waals surface area contributed by atoms with Crippen molar-refractivity contribution in [3.8, 4) is 0 Å². The number of nitro groups is 1. The third-order valence-electron chi connectivity index (χ3n) is 2.27. The standard InChI is InChI=1S/C11H13ClN2O3/c1-13-6-5-10(12)11(15)8-3-2-4-9(7-8)14(16)17/h2-4,7,10,13H,5-6H2,1H3. The summed E-state index contributed by atoms with van der Waals surface area (Å²) in [5, 5.41) is 12.8. The molecule has 1 rings (SSSR count). The lowest BCUT2D eigenvalue weighted by Crippen LogP contribution is -2.20. The number of nitrogens with zero attached hydrogens (tertiary/aromatic N) is 1. The van der Waals surface area contributed by atoms with Gasteiger partial charge in [0.15, 0.2) is 5.78 Å². The molecule has 0 bridgehead atoms. The average molecular weight is 257 g/mol. The fourth-order valence-electron chi connectivity index (χ4n) is 1.36. The summed E-state index contributed by atoms with van der Waals surface area (Å²) in [6, 6.07) is 5.60. The van der Waals surface area contributed by atoms with Gasteiger partial charge < -0.3 is 5.32 Å². The van der Waals surface area contributed by atoms with Crippen molar-refractivity contribution in [1.82, 2.24) is 5.32 Å². The lowest BCUT2D eigenvalue weighted by Gasteiger charge is -2.07. The van der Waals surface area contributed by atoms with Gasteiger partial charge in [-0.2, -0.15) is 0 Å². The van der Waals surface area contributed by atoms with Crippen molar-refractivity contribution in [1.29, 1.82) is 0 Å². The van der Waals surface area contributed by atoms with Gasteiger partial charge in [-0.3, -0.25) is 14.9 Å². The first-order chi connectivity index (χ1) is 8.06. The summed E-state index contributed by atoms with van der Waals surface area (Å²) < 4.78 is 0. The van der Waals surface area contributed by atoms with E-state index in [1.807, 2.05) is 0 Å². The molecule has 0 spiro atoms. The minimum Gasteiger partial charge on any atom is -0.320 e. The van der Waals surface area contributed by atoms with Crippen LogP contribution >= 0.6 is 11.6 Å². The fourth-order valence-corrected chi connectivity index (χ4v) is 1.59. The molecule has 0 saturated heterocycles.